The molecule has 6 heteroatoms. The van der Waals surface area contributed by atoms with Gasteiger partial charge in [-0.1, -0.05) is 30.3 Å². The second-order valence-electron chi connectivity index (χ2n) is 8.59. The van der Waals surface area contributed by atoms with Crippen LogP contribution in [0.15, 0.2) is 72.8 Å². The van der Waals surface area contributed by atoms with Crippen LogP contribution in [0.2, 0.25) is 0 Å². The Bertz CT molecular complexity index is 1550. The maximum absolute atomic E-state index is 13.5. The van der Waals surface area contributed by atoms with Gasteiger partial charge in [0.05, 0.1) is 11.4 Å². The number of aryl methyl sites for hydroxylation is 2. The van der Waals surface area contributed by atoms with E-state index in [2.05, 4.69) is 0 Å². The van der Waals surface area contributed by atoms with E-state index in [4.69, 9.17) is 0 Å². The Labute approximate surface area is 195 Å². The number of carbonyl (C=O) groups excluding carboxylic acids is 4. The van der Waals surface area contributed by atoms with Gasteiger partial charge in [0.2, 0.25) is 0 Å². The van der Waals surface area contributed by atoms with Crippen molar-refractivity contribution in [2.75, 3.05) is 9.80 Å². The van der Waals surface area contributed by atoms with Crippen LogP contribution in [0, 0.1) is 13.8 Å². The lowest BCUT2D eigenvalue weighted by molar-refractivity contribution is 0.0873. The molecule has 4 aromatic carbocycles. The van der Waals surface area contributed by atoms with Gasteiger partial charge in [-0.25, -0.2) is 9.80 Å². The minimum atomic E-state index is -0.479. The molecule has 0 unspecified atom stereocenters. The van der Waals surface area contributed by atoms with Crippen LogP contribution < -0.4 is 9.80 Å². The highest BCUT2D eigenvalue weighted by atomic mass is 16.2. The summed E-state index contributed by atoms with van der Waals surface area (Å²) >= 11 is 0. The molecule has 4 aromatic rings. The van der Waals surface area contributed by atoms with Crippen LogP contribution in [-0.2, 0) is 0 Å². The number of hydrogen-bond acceptors (Lipinski definition) is 4. The quantitative estimate of drug-likeness (QED) is 0.404. The zero-order valence-electron chi connectivity index (χ0n) is 18.5. The van der Waals surface area contributed by atoms with E-state index in [0.29, 0.717) is 44.4 Å². The van der Waals surface area contributed by atoms with Crippen LogP contribution in [-0.4, -0.2) is 23.6 Å². The van der Waals surface area contributed by atoms with Gasteiger partial charge in [-0.2, -0.15) is 0 Å². The van der Waals surface area contributed by atoms with Gasteiger partial charge in [0.25, 0.3) is 23.6 Å². The van der Waals surface area contributed by atoms with Crippen LogP contribution in [0.1, 0.15) is 52.6 Å². The van der Waals surface area contributed by atoms with Crippen LogP contribution in [0.5, 0.6) is 0 Å². The molecular formula is C28H18N2O4. The average molecular weight is 446 g/mol. The fourth-order valence-corrected chi connectivity index (χ4v) is 4.91. The van der Waals surface area contributed by atoms with Gasteiger partial charge >= 0.3 is 0 Å². The van der Waals surface area contributed by atoms with Gasteiger partial charge in [0.1, 0.15) is 0 Å². The summed E-state index contributed by atoms with van der Waals surface area (Å²) in [6.07, 6.45) is 0. The van der Waals surface area contributed by atoms with E-state index < -0.39 is 23.6 Å². The first-order valence-corrected chi connectivity index (χ1v) is 10.9. The molecule has 164 valence electrons. The van der Waals surface area contributed by atoms with Gasteiger partial charge in [0.15, 0.2) is 0 Å². The van der Waals surface area contributed by atoms with Gasteiger partial charge in [-0.15, -0.1) is 0 Å². The number of carbonyl (C=O) groups is 4. The Balaban J connectivity index is 1.58. The van der Waals surface area contributed by atoms with Crippen molar-refractivity contribution in [1.82, 2.24) is 0 Å². The van der Waals surface area contributed by atoms with Crippen molar-refractivity contribution in [1.29, 1.82) is 0 Å². The third-order valence-electron chi connectivity index (χ3n) is 6.51. The monoisotopic (exact) mass is 446 g/mol. The van der Waals surface area contributed by atoms with Crippen molar-refractivity contribution in [3.8, 4) is 0 Å². The largest absolute Gasteiger partial charge is 0.268 e. The zero-order chi connectivity index (χ0) is 23.7. The first-order valence-electron chi connectivity index (χ1n) is 10.9. The molecule has 0 atom stereocenters. The molecule has 0 aliphatic carbocycles. The smallest absolute Gasteiger partial charge is 0.265 e. The van der Waals surface area contributed by atoms with Crippen LogP contribution >= 0.6 is 0 Å². The molecule has 6 rings (SSSR count). The minimum absolute atomic E-state index is 0.293. The van der Waals surface area contributed by atoms with E-state index >= 15 is 0 Å². The molecule has 2 heterocycles. The molecule has 0 radical (unpaired) electrons. The zero-order valence-corrected chi connectivity index (χ0v) is 18.5. The summed E-state index contributed by atoms with van der Waals surface area (Å²) in [5, 5.41) is 0.723. The van der Waals surface area contributed by atoms with E-state index in [1.54, 1.807) is 54.6 Å². The standard InChI is InChI=1S/C28H18N2O4/c1-15-6-5-8-17(14-15)29-25(31)18-10-12-20-24-21(13-11-19(23(18)24)26(29)32)28(34)30(27(20)33)22-9-4-3-7-16(22)2/h3-14H,1-2H3. The second-order valence-corrected chi connectivity index (χ2v) is 8.59. The van der Waals surface area contributed by atoms with E-state index in [-0.39, 0.29) is 0 Å². The summed E-state index contributed by atoms with van der Waals surface area (Å²) in [6.45, 7) is 3.72. The molecule has 6 nitrogen and oxygen atoms in total. The van der Waals surface area contributed by atoms with E-state index in [0.717, 1.165) is 16.0 Å². The molecule has 0 spiro atoms. The molecule has 0 N–H and O–H groups in total. The molecule has 34 heavy (non-hydrogen) atoms. The third kappa shape index (κ3) is 2.56. The number of anilines is 2. The lowest BCUT2D eigenvalue weighted by Crippen LogP contribution is -2.43. The number of rotatable bonds is 2. The second kappa shape index (κ2) is 6.96. The molecule has 0 saturated carbocycles. The van der Waals surface area contributed by atoms with Gasteiger partial charge < -0.3 is 0 Å². The topological polar surface area (TPSA) is 74.8 Å². The summed E-state index contributed by atoms with van der Waals surface area (Å²) in [5.41, 5.74) is 3.87. The van der Waals surface area contributed by atoms with Gasteiger partial charge in [-0.3, -0.25) is 19.2 Å². The average Bonchev–Trinajstić information content (AvgIpc) is 2.82. The number of amides is 4. The Hall–Kier alpha value is -4.58. The first-order chi connectivity index (χ1) is 16.4. The van der Waals surface area contributed by atoms with Crippen molar-refractivity contribution in [2.45, 2.75) is 13.8 Å². The predicted molar refractivity (Wildman–Crippen MR) is 129 cm³/mol. The lowest BCUT2D eigenvalue weighted by atomic mass is 9.85. The first kappa shape index (κ1) is 20.1. The number of hydrogen-bond donors (Lipinski definition) is 0. The van der Waals surface area contributed by atoms with E-state index in [9.17, 15) is 19.2 Å². The van der Waals surface area contributed by atoms with Crippen molar-refractivity contribution in [2.24, 2.45) is 0 Å². The number of benzene rings is 4. The molecule has 0 fully saturated rings. The normalized spacial score (nSPS) is 14.9. The number of para-hydroxylation sites is 1. The molecule has 2 aliphatic rings. The van der Waals surface area contributed by atoms with Crippen molar-refractivity contribution < 1.29 is 19.2 Å². The lowest BCUT2D eigenvalue weighted by Gasteiger charge is -2.32. The Kier molecular flexibility index (Phi) is 4.10. The highest BCUT2D eigenvalue weighted by Crippen LogP contribution is 2.40. The Morgan fingerprint density at radius 2 is 1.03 bits per heavy atom. The predicted octanol–water partition coefficient (Wildman–Crippen LogP) is 5.06. The minimum Gasteiger partial charge on any atom is -0.268 e. The summed E-state index contributed by atoms with van der Waals surface area (Å²) in [5.74, 6) is -1.91. The van der Waals surface area contributed by atoms with Gasteiger partial charge in [0, 0.05) is 33.0 Å². The van der Waals surface area contributed by atoms with Crippen molar-refractivity contribution >= 4 is 45.8 Å². The maximum atomic E-state index is 13.5. The third-order valence-corrected chi connectivity index (χ3v) is 6.51. The number of imide groups is 2. The Morgan fingerprint density at radius 3 is 1.53 bits per heavy atom. The highest BCUT2D eigenvalue weighted by Gasteiger charge is 2.40. The molecule has 0 saturated heterocycles. The molecule has 2 aliphatic heterocycles. The molecule has 0 aromatic heterocycles. The van der Waals surface area contributed by atoms with Crippen LogP contribution in [0.4, 0.5) is 11.4 Å². The van der Waals surface area contributed by atoms with E-state index in [1.807, 2.05) is 32.0 Å². The highest BCUT2D eigenvalue weighted by molar-refractivity contribution is 6.42. The van der Waals surface area contributed by atoms with Crippen molar-refractivity contribution in [3.05, 3.63) is 106 Å². The Morgan fingerprint density at radius 1 is 0.529 bits per heavy atom. The van der Waals surface area contributed by atoms with Crippen molar-refractivity contribution in [3.63, 3.8) is 0 Å². The summed E-state index contributed by atoms with van der Waals surface area (Å²) in [6, 6.07) is 20.6. The van der Waals surface area contributed by atoms with Gasteiger partial charge in [-0.05, 0) is 67.4 Å². The molecular weight excluding hydrogens is 428 g/mol. The fraction of sp³-hybridized carbons (Fsp3) is 0.0714. The summed E-state index contributed by atoms with van der Waals surface area (Å²) in [7, 11) is 0. The fourth-order valence-electron chi connectivity index (χ4n) is 4.91. The van der Waals surface area contributed by atoms with Crippen LogP contribution in [0.3, 0.4) is 0 Å². The maximum Gasteiger partial charge on any atom is 0.265 e. The summed E-state index contributed by atoms with van der Waals surface area (Å²) < 4.78 is 0. The van der Waals surface area contributed by atoms with E-state index in [1.165, 1.54) is 4.90 Å². The molecule has 4 amide bonds. The number of nitrogens with zero attached hydrogens (tertiary/aromatic N) is 2. The SMILES string of the molecule is Cc1cccc(N2C(=O)c3ccc4c5c(ccc(c35)C2=O)C(=O)N(c2ccccc2C)C4=O)c1. The van der Waals surface area contributed by atoms with Crippen LogP contribution in [0.25, 0.3) is 10.8 Å². The summed E-state index contributed by atoms with van der Waals surface area (Å²) in [4.78, 5) is 56.3. The molecule has 0 bridgehead atoms.